The lowest BCUT2D eigenvalue weighted by Crippen LogP contribution is -2.42. The minimum Gasteiger partial charge on any atom is -0.389 e. The van der Waals surface area contributed by atoms with Crippen LogP contribution in [0.1, 0.15) is 36.8 Å². The molecular formula is C20H19F6N5O2. The van der Waals surface area contributed by atoms with Gasteiger partial charge in [-0.25, -0.2) is 22.7 Å². The number of hydrogen-bond donors (Lipinski definition) is 2. The smallest absolute Gasteiger partial charge is 0.389 e. The summed E-state index contributed by atoms with van der Waals surface area (Å²) in [6.45, 7) is 1.29. The van der Waals surface area contributed by atoms with Crippen molar-refractivity contribution in [1.29, 1.82) is 0 Å². The highest BCUT2D eigenvalue weighted by molar-refractivity contribution is 5.65. The number of nitrogens with one attached hydrogen (secondary N) is 1. The monoisotopic (exact) mass is 475 g/mol. The minimum absolute atomic E-state index is 0.0293. The van der Waals surface area contributed by atoms with Crippen LogP contribution in [0, 0.1) is 5.82 Å². The fourth-order valence-electron chi connectivity index (χ4n) is 3.61. The number of aromatic nitrogens is 4. The number of anilines is 1. The summed E-state index contributed by atoms with van der Waals surface area (Å²) in [5.41, 5.74) is -1.83. The third-order valence-corrected chi connectivity index (χ3v) is 5.53. The Balaban J connectivity index is 1.75. The molecule has 4 rings (SSSR count). The van der Waals surface area contributed by atoms with Crippen molar-refractivity contribution in [1.82, 2.24) is 19.6 Å². The van der Waals surface area contributed by atoms with Crippen molar-refractivity contribution >= 4 is 11.5 Å². The van der Waals surface area contributed by atoms with Crippen molar-refractivity contribution in [2.24, 2.45) is 0 Å². The first-order valence-corrected chi connectivity index (χ1v) is 9.98. The molecule has 1 aliphatic rings. The highest BCUT2D eigenvalue weighted by Gasteiger charge is 2.39. The molecule has 3 aromatic rings. The molecular weight excluding hydrogens is 456 g/mol. The average Bonchev–Trinajstić information content (AvgIpc) is 3.09. The molecule has 1 unspecified atom stereocenters. The third kappa shape index (κ3) is 4.60. The van der Waals surface area contributed by atoms with E-state index < -0.39 is 47.6 Å². The van der Waals surface area contributed by atoms with Crippen molar-refractivity contribution in [3.05, 3.63) is 41.5 Å². The number of fused-ring (bicyclic) bond motifs is 1. The molecule has 13 heteroatoms. The Kier molecular flexibility index (Phi) is 6.18. The molecule has 0 spiro atoms. The van der Waals surface area contributed by atoms with Gasteiger partial charge in [-0.15, -0.1) is 5.10 Å². The molecule has 0 amide bonds. The largest absolute Gasteiger partial charge is 0.395 e. The minimum atomic E-state index is -4.73. The SMILES string of the molecule is CC(c1cnc(-c2cc(F)c3cnc(N[C@@H]4CCOC[C@H]4O)nn23)cc1C(F)F)C(F)(F)F. The highest BCUT2D eigenvalue weighted by atomic mass is 19.4. The first-order valence-electron chi connectivity index (χ1n) is 9.98. The summed E-state index contributed by atoms with van der Waals surface area (Å²) in [6.07, 6.45) is -6.41. The van der Waals surface area contributed by atoms with Gasteiger partial charge in [0, 0.05) is 24.4 Å². The molecule has 0 radical (unpaired) electrons. The maximum Gasteiger partial charge on any atom is 0.395 e. The maximum absolute atomic E-state index is 14.5. The molecule has 0 aromatic carbocycles. The lowest BCUT2D eigenvalue weighted by molar-refractivity contribution is -0.146. The van der Waals surface area contributed by atoms with Gasteiger partial charge in [-0.2, -0.15) is 13.2 Å². The van der Waals surface area contributed by atoms with Crippen molar-refractivity contribution < 1.29 is 36.2 Å². The molecule has 0 saturated carbocycles. The number of halogens is 6. The Morgan fingerprint density at radius 1 is 1.18 bits per heavy atom. The Labute approximate surface area is 183 Å². The van der Waals surface area contributed by atoms with E-state index in [1.165, 1.54) is 0 Å². The predicted octanol–water partition coefficient (Wildman–Crippen LogP) is 4.10. The molecule has 7 nitrogen and oxygen atoms in total. The van der Waals surface area contributed by atoms with E-state index in [1.54, 1.807) is 0 Å². The fourth-order valence-corrected chi connectivity index (χ4v) is 3.61. The van der Waals surface area contributed by atoms with Crippen LogP contribution in [-0.4, -0.2) is 56.2 Å². The van der Waals surface area contributed by atoms with Crippen LogP contribution in [0.2, 0.25) is 0 Å². The molecule has 178 valence electrons. The van der Waals surface area contributed by atoms with Gasteiger partial charge in [-0.3, -0.25) is 4.98 Å². The van der Waals surface area contributed by atoms with Gasteiger partial charge >= 0.3 is 6.18 Å². The van der Waals surface area contributed by atoms with Crippen molar-refractivity contribution in [2.45, 2.75) is 44.0 Å². The van der Waals surface area contributed by atoms with Crippen LogP contribution < -0.4 is 5.32 Å². The first kappa shape index (κ1) is 23.2. The van der Waals surface area contributed by atoms with Gasteiger partial charge in [0.1, 0.15) is 5.52 Å². The summed E-state index contributed by atoms with van der Waals surface area (Å²) >= 11 is 0. The van der Waals surface area contributed by atoms with Gasteiger partial charge in [-0.05, 0) is 25.0 Å². The van der Waals surface area contributed by atoms with E-state index in [2.05, 4.69) is 20.4 Å². The summed E-state index contributed by atoms with van der Waals surface area (Å²) < 4.78 is 87.2. The van der Waals surface area contributed by atoms with Crippen LogP contribution in [0.3, 0.4) is 0 Å². The van der Waals surface area contributed by atoms with E-state index in [1.807, 2.05) is 0 Å². The van der Waals surface area contributed by atoms with Gasteiger partial charge in [-0.1, -0.05) is 0 Å². The number of hydrogen-bond acceptors (Lipinski definition) is 6. The van der Waals surface area contributed by atoms with E-state index in [9.17, 15) is 31.4 Å². The number of aliphatic hydroxyl groups excluding tert-OH is 1. The highest BCUT2D eigenvalue weighted by Crippen LogP contribution is 2.39. The van der Waals surface area contributed by atoms with Crippen molar-refractivity contribution in [3.8, 4) is 11.4 Å². The molecule has 3 aromatic heterocycles. The predicted molar refractivity (Wildman–Crippen MR) is 104 cm³/mol. The summed E-state index contributed by atoms with van der Waals surface area (Å²) in [5.74, 6) is -2.90. The first-order chi connectivity index (χ1) is 15.6. The zero-order valence-corrected chi connectivity index (χ0v) is 17.2. The van der Waals surface area contributed by atoms with Crippen LogP contribution in [-0.2, 0) is 4.74 Å². The summed E-state index contributed by atoms with van der Waals surface area (Å²) in [5, 5.41) is 17.1. The quantitative estimate of drug-likeness (QED) is 0.541. The number of aliphatic hydroxyl groups is 1. The fraction of sp³-hybridized carbons (Fsp3) is 0.450. The van der Waals surface area contributed by atoms with Crippen molar-refractivity contribution in [2.75, 3.05) is 18.5 Å². The number of nitrogens with zero attached hydrogens (tertiary/aromatic N) is 4. The van der Waals surface area contributed by atoms with E-state index >= 15 is 0 Å². The van der Waals surface area contributed by atoms with Crippen LogP contribution in [0.15, 0.2) is 24.5 Å². The molecule has 33 heavy (non-hydrogen) atoms. The zero-order chi connectivity index (χ0) is 23.9. The molecule has 3 atom stereocenters. The van der Waals surface area contributed by atoms with Crippen LogP contribution in [0.4, 0.5) is 32.3 Å². The van der Waals surface area contributed by atoms with E-state index in [-0.39, 0.29) is 29.5 Å². The number of rotatable bonds is 5. The summed E-state index contributed by atoms with van der Waals surface area (Å²) in [6, 6.07) is 1.37. The zero-order valence-electron chi connectivity index (χ0n) is 17.2. The number of alkyl halides is 5. The molecule has 1 saturated heterocycles. The molecule has 1 aliphatic heterocycles. The Bertz CT molecular complexity index is 1150. The van der Waals surface area contributed by atoms with E-state index in [0.29, 0.717) is 13.0 Å². The maximum atomic E-state index is 14.5. The van der Waals surface area contributed by atoms with E-state index in [4.69, 9.17) is 4.74 Å². The van der Waals surface area contributed by atoms with Crippen LogP contribution in [0.5, 0.6) is 0 Å². The Morgan fingerprint density at radius 2 is 1.94 bits per heavy atom. The average molecular weight is 475 g/mol. The molecule has 4 heterocycles. The van der Waals surface area contributed by atoms with Gasteiger partial charge in [0.05, 0.1) is 42.3 Å². The normalized spacial score (nSPS) is 20.4. The van der Waals surface area contributed by atoms with E-state index in [0.717, 1.165) is 36.0 Å². The lowest BCUT2D eigenvalue weighted by Gasteiger charge is -2.28. The summed E-state index contributed by atoms with van der Waals surface area (Å²) in [7, 11) is 0. The second-order valence-electron chi connectivity index (χ2n) is 7.70. The molecule has 0 aliphatic carbocycles. The topological polar surface area (TPSA) is 84.6 Å². The van der Waals surface area contributed by atoms with Crippen molar-refractivity contribution in [3.63, 3.8) is 0 Å². The second kappa shape index (κ2) is 8.78. The lowest BCUT2D eigenvalue weighted by atomic mass is 9.96. The van der Waals surface area contributed by atoms with Gasteiger partial charge < -0.3 is 15.2 Å². The van der Waals surface area contributed by atoms with Gasteiger partial charge in [0.15, 0.2) is 5.82 Å². The number of ether oxygens (including phenoxy) is 1. The van der Waals surface area contributed by atoms with Gasteiger partial charge in [0.2, 0.25) is 5.95 Å². The van der Waals surface area contributed by atoms with Crippen LogP contribution in [0.25, 0.3) is 16.9 Å². The van der Waals surface area contributed by atoms with Crippen LogP contribution >= 0.6 is 0 Å². The third-order valence-electron chi connectivity index (χ3n) is 5.53. The summed E-state index contributed by atoms with van der Waals surface area (Å²) in [4.78, 5) is 7.90. The Morgan fingerprint density at radius 3 is 2.61 bits per heavy atom. The molecule has 0 bridgehead atoms. The second-order valence-corrected chi connectivity index (χ2v) is 7.70. The Hall–Kier alpha value is -2.93. The molecule has 1 fully saturated rings. The van der Waals surface area contributed by atoms with Gasteiger partial charge in [0.25, 0.3) is 6.43 Å². The standard InChI is InChI=1S/C20H19F6N5O2/c1-9(20(24,25)26)11-6-27-14(4-10(11)18(22)23)15-5-12(21)16-7-28-19(30-31(15)16)29-13-2-3-33-8-17(13)32/h4-7,9,13,17-18,32H,2-3,8H2,1H3,(H,29,30)/t9?,13-,17-/m1/s1. The number of pyridine rings is 1. The molecule has 2 N–H and O–H groups in total.